The molecule has 0 aromatic carbocycles. The molecule has 0 fully saturated rings. The van der Waals surface area contributed by atoms with Gasteiger partial charge in [-0.25, -0.2) is 0 Å². The van der Waals surface area contributed by atoms with Crippen LogP contribution in [-0.4, -0.2) is 22.9 Å². The lowest BCUT2D eigenvalue weighted by molar-refractivity contribution is 0.532. The van der Waals surface area contributed by atoms with E-state index in [4.69, 9.17) is 11.6 Å². The van der Waals surface area contributed by atoms with Gasteiger partial charge in [-0.05, 0) is 19.9 Å². The molecule has 0 aliphatic heterocycles. The molecule has 15 heavy (non-hydrogen) atoms. The molecule has 0 spiro atoms. The predicted octanol–water partition coefficient (Wildman–Crippen LogP) is 2.62. The number of halogens is 1. The maximum absolute atomic E-state index is 5.91. The topological polar surface area (TPSA) is 29.9 Å². The number of hydrogen-bond donors (Lipinski definition) is 1. The average Bonchev–Trinajstić information content (AvgIpc) is 2.54. The summed E-state index contributed by atoms with van der Waals surface area (Å²) in [6.07, 6.45) is 5.54. The van der Waals surface area contributed by atoms with Crippen molar-refractivity contribution in [3.8, 4) is 0 Å². The normalized spacial score (nSPS) is 10.9. The second kappa shape index (κ2) is 6.85. The molecule has 0 unspecified atom stereocenters. The molecule has 0 bridgehead atoms. The van der Waals surface area contributed by atoms with Gasteiger partial charge in [0.25, 0.3) is 0 Å². The standard InChI is InChI=1S/C11H20ClN3/c1-3-4-5-6-13-7-8-15-10(2)11(12)9-14-15/h9,13H,3-8H2,1-2H3. The molecule has 0 aliphatic rings. The van der Waals surface area contributed by atoms with E-state index in [1.165, 1.54) is 19.3 Å². The molecule has 4 heteroatoms. The highest BCUT2D eigenvalue weighted by Crippen LogP contribution is 2.12. The lowest BCUT2D eigenvalue weighted by atomic mass is 10.2. The van der Waals surface area contributed by atoms with E-state index in [1.54, 1.807) is 6.20 Å². The number of aromatic nitrogens is 2. The second-order valence-electron chi connectivity index (χ2n) is 3.76. The maximum Gasteiger partial charge on any atom is 0.0814 e. The molecule has 1 aromatic rings. The maximum atomic E-state index is 5.91. The highest BCUT2D eigenvalue weighted by molar-refractivity contribution is 6.31. The number of unbranched alkanes of at least 4 members (excludes halogenated alkanes) is 2. The van der Waals surface area contributed by atoms with Crippen LogP contribution in [0.15, 0.2) is 6.20 Å². The van der Waals surface area contributed by atoms with E-state index in [9.17, 15) is 0 Å². The third kappa shape index (κ3) is 4.22. The van der Waals surface area contributed by atoms with Crippen LogP contribution in [0.1, 0.15) is 31.9 Å². The number of hydrogen-bond acceptors (Lipinski definition) is 2. The van der Waals surface area contributed by atoms with Crippen LogP contribution in [0.5, 0.6) is 0 Å². The predicted molar refractivity (Wildman–Crippen MR) is 64.4 cm³/mol. The van der Waals surface area contributed by atoms with Gasteiger partial charge in [-0.15, -0.1) is 0 Å². The Morgan fingerprint density at radius 1 is 1.40 bits per heavy atom. The van der Waals surface area contributed by atoms with Gasteiger partial charge in [-0.2, -0.15) is 5.10 Å². The minimum atomic E-state index is 0.751. The molecule has 1 rings (SSSR count). The van der Waals surface area contributed by atoms with Gasteiger partial charge >= 0.3 is 0 Å². The molecular formula is C11H20ClN3. The third-order valence-electron chi connectivity index (χ3n) is 2.50. The van der Waals surface area contributed by atoms with Crippen molar-refractivity contribution >= 4 is 11.6 Å². The van der Waals surface area contributed by atoms with Crippen molar-refractivity contribution in [2.75, 3.05) is 13.1 Å². The fourth-order valence-corrected chi connectivity index (χ4v) is 1.60. The van der Waals surface area contributed by atoms with Crippen LogP contribution in [0.3, 0.4) is 0 Å². The zero-order valence-electron chi connectivity index (χ0n) is 9.59. The Labute approximate surface area is 96.8 Å². The smallest absolute Gasteiger partial charge is 0.0814 e. The molecule has 1 heterocycles. The third-order valence-corrected chi connectivity index (χ3v) is 2.87. The van der Waals surface area contributed by atoms with Gasteiger partial charge in [0.05, 0.1) is 23.5 Å². The zero-order chi connectivity index (χ0) is 11.1. The molecule has 1 aromatic heterocycles. The Bertz CT molecular complexity index is 283. The van der Waals surface area contributed by atoms with Gasteiger partial charge in [0.2, 0.25) is 0 Å². The van der Waals surface area contributed by atoms with Crippen LogP contribution in [0.4, 0.5) is 0 Å². The molecule has 0 aliphatic carbocycles. The molecular weight excluding hydrogens is 210 g/mol. The van der Waals surface area contributed by atoms with Gasteiger partial charge < -0.3 is 5.32 Å². The molecule has 0 saturated carbocycles. The summed E-state index contributed by atoms with van der Waals surface area (Å²) in [5, 5.41) is 8.35. The Kier molecular flexibility index (Phi) is 5.73. The summed E-state index contributed by atoms with van der Waals surface area (Å²) >= 11 is 5.91. The number of rotatable bonds is 7. The van der Waals surface area contributed by atoms with E-state index in [0.717, 1.165) is 30.4 Å². The van der Waals surface area contributed by atoms with E-state index in [-0.39, 0.29) is 0 Å². The molecule has 0 saturated heterocycles. The van der Waals surface area contributed by atoms with Gasteiger partial charge in [0, 0.05) is 6.54 Å². The van der Waals surface area contributed by atoms with Crippen molar-refractivity contribution < 1.29 is 0 Å². The largest absolute Gasteiger partial charge is 0.315 e. The van der Waals surface area contributed by atoms with Gasteiger partial charge in [0.1, 0.15) is 0 Å². The second-order valence-corrected chi connectivity index (χ2v) is 4.17. The molecule has 3 nitrogen and oxygen atoms in total. The first-order valence-electron chi connectivity index (χ1n) is 5.64. The summed E-state index contributed by atoms with van der Waals surface area (Å²) in [5.74, 6) is 0. The van der Waals surface area contributed by atoms with Crippen molar-refractivity contribution in [1.29, 1.82) is 0 Å². The van der Waals surface area contributed by atoms with Crippen LogP contribution < -0.4 is 5.32 Å². The van der Waals surface area contributed by atoms with Crippen molar-refractivity contribution in [3.63, 3.8) is 0 Å². The van der Waals surface area contributed by atoms with Crippen LogP contribution >= 0.6 is 11.6 Å². The summed E-state index contributed by atoms with van der Waals surface area (Å²) < 4.78 is 1.94. The Balaban J connectivity index is 2.12. The summed E-state index contributed by atoms with van der Waals surface area (Å²) in [6.45, 7) is 7.16. The minimum absolute atomic E-state index is 0.751. The first kappa shape index (κ1) is 12.5. The molecule has 86 valence electrons. The monoisotopic (exact) mass is 229 g/mol. The highest BCUT2D eigenvalue weighted by Gasteiger charge is 2.02. The Morgan fingerprint density at radius 2 is 2.20 bits per heavy atom. The average molecular weight is 230 g/mol. The Hall–Kier alpha value is -0.540. The Morgan fingerprint density at radius 3 is 2.80 bits per heavy atom. The van der Waals surface area contributed by atoms with Crippen molar-refractivity contribution in [1.82, 2.24) is 15.1 Å². The number of nitrogens with zero attached hydrogens (tertiary/aromatic N) is 2. The van der Waals surface area contributed by atoms with E-state index in [0.29, 0.717) is 0 Å². The van der Waals surface area contributed by atoms with Crippen molar-refractivity contribution in [3.05, 3.63) is 16.9 Å². The van der Waals surface area contributed by atoms with Crippen LogP contribution in [0, 0.1) is 6.92 Å². The minimum Gasteiger partial charge on any atom is -0.315 e. The molecule has 0 radical (unpaired) electrons. The molecule has 1 N–H and O–H groups in total. The van der Waals surface area contributed by atoms with Gasteiger partial charge in [-0.3, -0.25) is 4.68 Å². The molecule has 0 amide bonds. The SMILES string of the molecule is CCCCCNCCn1ncc(Cl)c1C. The van der Waals surface area contributed by atoms with E-state index in [2.05, 4.69) is 17.3 Å². The van der Waals surface area contributed by atoms with Crippen LogP contribution in [0.25, 0.3) is 0 Å². The van der Waals surface area contributed by atoms with Crippen molar-refractivity contribution in [2.45, 2.75) is 39.7 Å². The molecule has 0 atom stereocenters. The van der Waals surface area contributed by atoms with Crippen LogP contribution in [0.2, 0.25) is 5.02 Å². The highest BCUT2D eigenvalue weighted by atomic mass is 35.5. The van der Waals surface area contributed by atoms with E-state index in [1.807, 2.05) is 11.6 Å². The number of nitrogens with one attached hydrogen (secondary N) is 1. The summed E-state index contributed by atoms with van der Waals surface area (Å²) in [4.78, 5) is 0. The lowest BCUT2D eigenvalue weighted by Gasteiger charge is -2.06. The zero-order valence-corrected chi connectivity index (χ0v) is 10.3. The first-order chi connectivity index (χ1) is 7.25. The van der Waals surface area contributed by atoms with E-state index < -0.39 is 0 Å². The fourth-order valence-electron chi connectivity index (χ4n) is 1.46. The van der Waals surface area contributed by atoms with E-state index >= 15 is 0 Å². The van der Waals surface area contributed by atoms with Gasteiger partial charge in [-0.1, -0.05) is 31.4 Å². The first-order valence-corrected chi connectivity index (χ1v) is 6.02. The van der Waals surface area contributed by atoms with Crippen molar-refractivity contribution in [2.24, 2.45) is 0 Å². The fraction of sp³-hybridized carbons (Fsp3) is 0.727. The van der Waals surface area contributed by atoms with Gasteiger partial charge in [0.15, 0.2) is 0 Å². The lowest BCUT2D eigenvalue weighted by Crippen LogP contribution is -2.21. The van der Waals surface area contributed by atoms with Crippen LogP contribution in [-0.2, 0) is 6.54 Å². The summed E-state index contributed by atoms with van der Waals surface area (Å²) in [7, 11) is 0. The summed E-state index contributed by atoms with van der Waals surface area (Å²) in [6, 6.07) is 0. The summed E-state index contributed by atoms with van der Waals surface area (Å²) in [5.41, 5.74) is 1.05. The quantitative estimate of drug-likeness (QED) is 0.729.